The molecule has 6 heteroatoms. The van der Waals surface area contributed by atoms with Gasteiger partial charge in [-0.1, -0.05) is 24.3 Å². The molecule has 0 saturated carbocycles. The van der Waals surface area contributed by atoms with Gasteiger partial charge >= 0.3 is 5.63 Å². The maximum Gasteiger partial charge on any atom is 0.336 e. The van der Waals surface area contributed by atoms with Gasteiger partial charge < -0.3 is 19.2 Å². The van der Waals surface area contributed by atoms with Crippen molar-refractivity contribution in [3.63, 3.8) is 0 Å². The van der Waals surface area contributed by atoms with E-state index < -0.39 is 11.7 Å². The molecule has 1 N–H and O–H groups in total. The first-order valence-electron chi connectivity index (χ1n) is 9.10. The van der Waals surface area contributed by atoms with Gasteiger partial charge in [-0.2, -0.15) is 0 Å². The molecule has 1 unspecified atom stereocenters. The molecule has 0 radical (unpaired) electrons. The fourth-order valence-corrected chi connectivity index (χ4v) is 3.08. The van der Waals surface area contributed by atoms with Crippen molar-refractivity contribution >= 4 is 16.9 Å². The van der Waals surface area contributed by atoms with Gasteiger partial charge in [-0.3, -0.25) is 4.79 Å². The minimum atomic E-state index is -0.798. The molecule has 1 aromatic heterocycles. The lowest BCUT2D eigenvalue weighted by atomic mass is 9.98. The second-order valence-electron chi connectivity index (χ2n) is 6.41. The second-order valence-corrected chi connectivity index (χ2v) is 6.41. The van der Waals surface area contributed by atoms with E-state index >= 15 is 0 Å². The monoisotopic (exact) mass is 381 g/mol. The van der Waals surface area contributed by atoms with Crippen molar-refractivity contribution in [2.24, 2.45) is 0 Å². The van der Waals surface area contributed by atoms with Crippen LogP contribution in [0.15, 0.2) is 57.7 Å². The van der Waals surface area contributed by atoms with Crippen LogP contribution in [0.2, 0.25) is 0 Å². The van der Waals surface area contributed by atoms with Crippen molar-refractivity contribution in [3.8, 4) is 16.9 Å². The molecule has 1 amide bonds. The minimum Gasteiger partial charge on any atom is -0.478 e. The van der Waals surface area contributed by atoms with E-state index in [9.17, 15) is 9.59 Å². The van der Waals surface area contributed by atoms with Crippen molar-refractivity contribution < 1.29 is 18.7 Å². The van der Waals surface area contributed by atoms with Gasteiger partial charge in [0.1, 0.15) is 11.3 Å². The zero-order chi connectivity index (χ0) is 20.1. The first-order valence-corrected chi connectivity index (χ1v) is 9.10. The van der Waals surface area contributed by atoms with E-state index in [0.29, 0.717) is 17.9 Å². The Morgan fingerprint density at radius 3 is 2.64 bits per heavy atom. The lowest BCUT2D eigenvalue weighted by Gasteiger charge is -2.18. The van der Waals surface area contributed by atoms with Gasteiger partial charge in [0, 0.05) is 36.7 Å². The second kappa shape index (κ2) is 8.71. The molecule has 3 rings (SSSR count). The maximum absolute atomic E-state index is 12.1. The van der Waals surface area contributed by atoms with Crippen molar-refractivity contribution in [1.82, 2.24) is 5.32 Å². The van der Waals surface area contributed by atoms with E-state index in [1.54, 1.807) is 12.1 Å². The van der Waals surface area contributed by atoms with Gasteiger partial charge in [0.05, 0.1) is 6.61 Å². The van der Waals surface area contributed by atoms with Gasteiger partial charge in [0.25, 0.3) is 5.91 Å². The number of carbonyl (C=O) groups excluding carboxylic acids is 1. The Morgan fingerprint density at radius 2 is 1.93 bits per heavy atom. The van der Waals surface area contributed by atoms with Gasteiger partial charge in [-0.05, 0) is 37.1 Å². The van der Waals surface area contributed by atoms with E-state index in [2.05, 4.69) is 5.32 Å². The largest absolute Gasteiger partial charge is 0.478 e. The van der Waals surface area contributed by atoms with Crippen LogP contribution >= 0.6 is 0 Å². The van der Waals surface area contributed by atoms with Crippen LogP contribution in [0.5, 0.6) is 5.75 Å². The number of ether oxygens (including phenoxy) is 2. The molecule has 2 aromatic carbocycles. The molecule has 0 aliphatic carbocycles. The number of methoxy groups -OCH3 is 1. The number of nitrogens with one attached hydrogen (secondary N) is 1. The first-order chi connectivity index (χ1) is 13.5. The number of hydrogen-bond acceptors (Lipinski definition) is 5. The van der Waals surface area contributed by atoms with Crippen molar-refractivity contribution in [3.05, 3.63) is 64.5 Å². The predicted octanol–water partition coefficient (Wildman–Crippen LogP) is 3.30. The molecular formula is C22H23NO5. The van der Waals surface area contributed by atoms with Gasteiger partial charge in [0.2, 0.25) is 0 Å². The summed E-state index contributed by atoms with van der Waals surface area (Å²) in [6.45, 7) is 4.43. The first kappa shape index (κ1) is 19.6. The quantitative estimate of drug-likeness (QED) is 0.636. The fraction of sp³-hybridized carbons (Fsp3) is 0.273. The zero-order valence-corrected chi connectivity index (χ0v) is 16.2. The molecule has 6 nitrogen and oxygen atoms in total. The highest BCUT2D eigenvalue weighted by atomic mass is 16.5. The molecule has 0 bridgehead atoms. The third-order valence-corrected chi connectivity index (χ3v) is 4.39. The summed E-state index contributed by atoms with van der Waals surface area (Å²) in [5.74, 6) is 0.158. The number of hydrogen-bond donors (Lipinski definition) is 1. The summed E-state index contributed by atoms with van der Waals surface area (Å²) in [5.41, 5.74) is 2.78. The van der Waals surface area contributed by atoms with Crippen LogP contribution in [-0.4, -0.2) is 32.3 Å². The molecule has 3 aromatic rings. The standard InChI is InChI=1S/C22H23NO5/c1-4-23-22(25)20(13-26-3)27-15-9-10-17-18(12-21(24)28-19(17)11-15)16-8-6-5-7-14(16)2/h5-12,20H,4,13H2,1-3H3,(H,23,25). The summed E-state index contributed by atoms with van der Waals surface area (Å²) in [6.07, 6.45) is -0.798. The number of carbonyl (C=O) groups is 1. The number of rotatable bonds is 7. The molecule has 1 heterocycles. The highest BCUT2D eigenvalue weighted by Gasteiger charge is 2.20. The number of fused-ring (bicyclic) bond motifs is 1. The lowest BCUT2D eigenvalue weighted by molar-refractivity contribution is -0.130. The van der Waals surface area contributed by atoms with Crippen LogP contribution in [0.1, 0.15) is 12.5 Å². The van der Waals surface area contributed by atoms with Gasteiger partial charge in [-0.15, -0.1) is 0 Å². The Morgan fingerprint density at radius 1 is 1.14 bits per heavy atom. The zero-order valence-electron chi connectivity index (χ0n) is 16.2. The molecule has 0 aliphatic rings. The van der Waals surface area contributed by atoms with Crippen molar-refractivity contribution in [1.29, 1.82) is 0 Å². The highest BCUT2D eigenvalue weighted by Crippen LogP contribution is 2.31. The number of aryl methyl sites for hydroxylation is 1. The summed E-state index contributed by atoms with van der Waals surface area (Å²) in [4.78, 5) is 24.3. The Hall–Kier alpha value is -3.12. The number of benzene rings is 2. The van der Waals surface area contributed by atoms with Gasteiger partial charge in [-0.25, -0.2) is 4.79 Å². The third-order valence-electron chi connectivity index (χ3n) is 4.39. The normalized spacial score (nSPS) is 12.0. The van der Waals surface area contributed by atoms with Crippen LogP contribution in [0.4, 0.5) is 0 Å². The van der Waals surface area contributed by atoms with Crippen LogP contribution in [0.3, 0.4) is 0 Å². The molecule has 0 spiro atoms. The number of likely N-dealkylation sites (N-methyl/N-ethyl adjacent to an activating group) is 1. The summed E-state index contributed by atoms with van der Waals surface area (Å²) in [5, 5.41) is 3.51. The van der Waals surface area contributed by atoms with E-state index in [-0.39, 0.29) is 12.5 Å². The summed E-state index contributed by atoms with van der Waals surface area (Å²) in [6, 6.07) is 14.6. The SMILES string of the molecule is CCNC(=O)C(COC)Oc1ccc2c(-c3ccccc3C)cc(=O)oc2c1. The summed E-state index contributed by atoms with van der Waals surface area (Å²) in [7, 11) is 1.50. The van der Waals surface area contributed by atoms with E-state index in [4.69, 9.17) is 13.9 Å². The van der Waals surface area contributed by atoms with Crippen LogP contribution < -0.4 is 15.7 Å². The topological polar surface area (TPSA) is 77.8 Å². The smallest absolute Gasteiger partial charge is 0.336 e. The van der Waals surface area contributed by atoms with Crippen molar-refractivity contribution in [2.75, 3.05) is 20.3 Å². The molecule has 0 aliphatic heterocycles. The van der Waals surface area contributed by atoms with E-state index in [1.165, 1.54) is 13.2 Å². The molecular weight excluding hydrogens is 358 g/mol. The third kappa shape index (κ3) is 4.23. The van der Waals surface area contributed by atoms with Crippen LogP contribution in [0, 0.1) is 6.92 Å². The average Bonchev–Trinajstić information content (AvgIpc) is 2.67. The average molecular weight is 381 g/mol. The Labute approximate surface area is 163 Å². The number of amides is 1. The Balaban J connectivity index is 2.01. The Bertz CT molecular complexity index is 1040. The summed E-state index contributed by atoms with van der Waals surface area (Å²) < 4.78 is 16.3. The molecule has 0 saturated heterocycles. The minimum absolute atomic E-state index is 0.108. The summed E-state index contributed by atoms with van der Waals surface area (Å²) >= 11 is 0. The van der Waals surface area contributed by atoms with Gasteiger partial charge in [0.15, 0.2) is 6.10 Å². The fourth-order valence-electron chi connectivity index (χ4n) is 3.08. The van der Waals surface area contributed by atoms with Crippen LogP contribution in [0.25, 0.3) is 22.1 Å². The molecule has 1 atom stereocenters. The Kier molecular flexibility index (Phi) is 6.11. The van der Waals surface area contributed by atoms with Crippen LogP contribution in [-0.2, 0) is 9.53 Å². The molecule has 146 valence electrons. The highest BCUT2D eigenvalue weighted by molar-refractivity contribution is 5.94. The lowest BCUT2D eigenvalue weighted by Crippen LogP contribution is -2.41. The molecule has 0 fully saturated rings. The van der Waals surface area contributed by atoms with E-state index in [1.807, 2.05) is 44.2 Å². The maximum atomic E-state index is 12.1. The predicted molar refractivity (Wildman–Crippen MR) is 108 cm³/mol. The van der Waals surface area contributed by atoms with E-state index in [0.717, 1.165) is 22.1 Å². The van der Waals surface area contributed by atoms with Crippen molar-refractivity contribution in [2.45, 2.75) is 20.0 Å². The molecule has 28 heavy (non-hydrogen) atoms.